The minimum absolute atomic E-state index is 1.15. The van der Waals surface area contributed by atoms with Crippen molar-refractivity contribution in [1.82, 2.24) is 0 Å². The van der Waals surface area contributed by atoms with Gasteiger partial charge in [0.25, 0.3) is 0 Å². The molecule has 0 unspecified atom stereocenters. The zero-order valence-corrected chi connectivity index (χ0v) is 12.7. The van der Waals surface area contributed by atoms with Crippen LogP contribution in [0.1, 0.15) is 6.42 Å². The molecular weight excluding hydrogens is 295 g/mol. The van der Waals surface area contributed by atoms with E-state index in [0.717, 1.165) is 6.42 Å². The Morgan fingerprint density at radius 1 is 0.722 bits per heavy atom. The fourth-order valence-corrected chi connectivity index (χ4v) is 9.04. The van der Waals surface area contributed by atoms with Crippen molar-refractivity contribution in [1.29, 1.82) is 0 Å². The van der Waals surface area contributed by atoms with Crippen molar-refractivity contribution in [3.8, 4) is 0 Å². The van der Waals surface area contributed by atoms with Crippen LogP contribution in [0, 0.1) is 0 Å². The molecule has 0 bridgehead atoms. The van der Waals surface area contributed by atoms with Crippen molar-refractivity contribution in [2.45, 2.75) is 6.42 Å². The van der Waals surface area contributed by atoms with E-state index in [1.165, 1.54) is 0 Å². The molecule has 18 heavy (non-hydrogen) atoms. The summed E-state index contributed by atoms with van der Waals surface area (Å²) in [6, 6.07) is 22.1. The van der Waals surface area contributed by atoms with Crippen molar-refractivity contribution in [3.05, 3.63) is 82.2 Å². The first-order valence-corrected chi connectivity index (χ1v) is 9.98. The van der Waals surface area contributed by atoms with E-state index >= 15 is 0 Å². The molecule has 87 valence electrons. The molecule has 0 aromatic heterocycles. The van der Waals surface area contributed by atoms with Crippen LogP contribution in [0.4, 0.5) is 0 Å². The third-order valence-corrected chi connectivity index (χ3v) is 10.2. The van der Waals surface area contributed by atoms with Gasteiger partial charge >= 0.3 is 117 Å². The molecule has 0 fully saturated rings. The van der Waals surface area contributed by atoms with Gasteiger partial charge in [0.05, 0.1) is 0 Å². The average Bonchev–Trinajstić information content (AvgIpc) is 2.95. The molecule has 0 nitrogen and oxygen atoms in total. The predicted octanol–water partition coefficient (Wildman–Crippen LogP) is 3.10. The first-order chi connectivity index (χ1) is 8.95. The Balaban J connectivity index is 2.05. The summed E-state index contributed by atoms with van der Waals surface area (Å²) in [5, 5.41) is 0. The monoisotopic (exact) mass is 309 g/mol. The molecule has 2 aromatic rings. The third-order valence-electron chi connectivity index (χ3n) is 3.22. The van der Waals surface area contributed by atoms with Crippen LogP contribution in [0.25, 0.3) is 0 Å². The van der Waals surface area contributed by atoms with Crippen LogP contribution in [-0.4, -0.2) is 0 Å². The maximum absolute atomic E-state index is 2.34. The van der Waals surface area contributed by atoms with Gasteiger partial charge in [-0.3, -0.25) is 0 Å². The van der Waals surface area contributed by atoms with Crippen molar-refractivity contribution < 1.29 is 21.8 Å². The number of benzene rings is 2. The summed E-state index contributed by atoms with van der Waals surface area (Å²) in [6.45, 7) is 0. The molecule has 3 rings (SSSR count). The van der Waals surface area contributed by atoms with E-state index in [9.17, 15) is 0 Å². The van der Waals surface area contributed by atoms with Gasteiger partial charge in [0.2, 0.25) is 0 Å². The topological polar surface area (TPSA) is 0 Å². The summed E-state index contributed by atoms with van der Waals surface area (Å²) in [5.41, 5.74) is 0. The van der Waals surface area contributed by atoms with E-state index in [0.29, 0.717) is 0 Å². The van der Waals surface area contributed by atoms with Crippen LogP contribution in [-0.2, 0) is 21.8 Å². The second kappa shape index (κ2) is 5.63. The number of hydrogen-bond acceptors (Lipinski definition) is 0. The van der Waals surface area contributed by atoms with Crippen LogP contribution in [0.5, 0.6) is 0 Å². The summed E-state index contributed by atoms with van der Waals surface area (Å²) in [7, 11) is 0. The summed E-state index contributed by atoms with van der Waals surface area (Å²) >= 11 is -1.87. The molecule has 0 N–H and O–H groups in total. The van der Waals surface area contributed by atoms with Gasteiger partial charge in [0.15, 0.2) is 0 Å². The molecule has 0 spiro atoms. The van der Waals surface area contributed by atoms with E-state index in [1.807, 2.05) is 0 Å². The first-order valence-electron chi connectivity index (χ1n) is 6.29. The maximum atomic E-state index is 2.34. The molecule has 1 heteroatoms. The number of allylic oxidation sites excluding steroid dienone is 4. The standard InChI is InChI=1S/2C6H5.C5H5.Zr/c2*1-2-4-6-5-3-1;1-2-4-5-3-1;/h2*1-5H;1-3H,4H2;. The molecular formula is C17H15Zr. The molecule has 1 aliphatic carbocycles. The Bertz CT molecular complexity index is 528. The van der Waals surface area contributed by atoms with E-state index in [2.05, 4.69) is 78.9 Å². The Kier molecular flexibility index (Phi) is 3.71. The van der Waals surface area contributed by atoms with Gasteiger partial charge in [-0.2, -0.15) is 0 Å². The molecule has 0 atom stereocenters. The normalized spacial score (nSPS) is 13.4. The van der Waals surface area contributed by atoms with Gasteiger partial charge in [0, 0.05) is 0 Å². The summed E-state index contributed by atoms with van der Waals surface area (Å²) in [4.78, 5) is 0. The van der Waals surface area contributed by atoms with Crippen molar-refractivity contribution in [2.75, 3.05) is 0 Å². The van der Waals surface area contributed by atoms with Crippen molar-refractivity contribution >= 4 is 6.54 Å². The molecule has 1 aliphatic rings. The minimum atomic E-state index is -1.87. The molecule has 2 aromatic carbocycles. The molecule has 0 radical (unpaired) electrons. The van der Waals surface area contributed by atoms with Gasteiger partial charge < -0.3 is 0 Å². The van der Waals surface area contributed by atoms with E-state index < -0.39 is 21.8 Å². The average molecular weight is 311 g/mol. The van der Waals surface area contributed by atoms with Crippen LogP contribution in [0.2, 0.25) is 0 Å². The number of hydrogen-bond donors (Lipinski definition) is 0. The molecule has 0 amide bonds. The van der Waals surface area contributed by atoms with Gasteiger partial charge in [-0.05, 0) is 0 Å². The Hall–Kier alpha value is -1.20. The zero-order chi connectivity index (χ0) is 12.2. The van der Waals surface area contributed by atoms with Gasteiger partial charge in [0.1, 0.15) is 0 Å². The predicted molar refractivity (Wildman–Crippen MR) is 74.0 cm³/mol. The number of rotatable bonds is 3. The summed E-state index contributed by atoms with van der Waals surface area (Å²) in [5.74, 6) is 0. The van der Waals surface area contributed by atoms with Gasteiger partial charge in [-0.25, -0.2) is 0 Å². The summed E-state index contributed by atoms with van der Waals surface area (Å²) in [6.07, 6.45) is 7.98. The van der Waals surface area contributed by atoms with E-state index in [1.54, 1.807) is 9.82 Å². The Morgan fingerprint density at radius 3 is 1.72 bits per heavy atom. The van der Waals surface area contributed by atoms with Gasteiger partial charge in [-0.1, -0.05) is 0 Å². The SMILES string of the molecule is C1=CC[C]([Zr]([c]2ccccc2)[c]2ccccc2)=C1. The van der Waals surface area contributed by atoms with Crippen LogP contribution in [0.15, 0.2) is 82.2 Å². The van der Waals surface area contributed by atoms with Crippen molar-refractivity contribution in [2.24, 2.45) is 0 Å². The summed E-state index contributed by atoms with van der Waals surface area (Å²) < 4.78 is 4.82. The first kappa shape index (κ1) is 11.9. The quantitative estimate of drug-likeness (QED) is 0.817. The second-order valence-electron chi connectivity index (χ2n) is 4.43. The fourth-order valence-electron chi connectivity index (χ4n) is 2.38. The van der Waals surface area contributed by atoms with Gasteiger partial charge in [-0.15, -0.1) is 0 Å². The van der Waals surface area contributed by atoms with Crippen molar-refractivity contribution in [3.63, 3.8) is 0 Å². The van der Waals surface area contributed by atoms with Crippen LogP contribution < -0.4 is 6.54 Å². The van der Waals surface area contributed by atoms with Crippen LogP contribution in [0.3, 0.4) is 0 Å². The zero-order valence-electron chi connectivity index (χ0n) is 10.2. The Morgan fingerprint density at radius 2 is 1.28 bits per heavy atom. The second-order valence-corrected chi connectivity index (χ2v) is 10.7. The molecule has 0 heterocycles. The molecule has 0 saturated heterocycles. The van der Waals surface area contributed by atoms with Crippen LogP contribution >= 0.6 is 0 Å². The Labute approximate surface area is 116 Å². The molecule has 0 saturated carbocycles. The van der Waals surface area contributed by atoms with E-state index in [-0.39, 0.29) is 0 Å². The third kappa shape index (κ3) is 2.47. The van der Waals surface area contributed by atoms with E-state index in [4.69, 9.17) is 0 Å². The molecule has 0 aliphatic heterocycles. The fraction of sp³-hybridized carbons (Fsp3) is 0.0588.